The van der Waals surface area contributed by atoms with E-state index in [-0.39, 0.29) is 30.2 Å². The first-order valence-corrected chi connectivity index (χ1v) is 10.3. The van der Waals surface area contributed by atoms with Crippen molar-refractivity contribution in [2.45, 2.75) is 51.1 Å². The molecule has 7 heteroatoms. The summed E-state index contributed by atoms with van der Waals surface area (Å²) in [5.74, 6) is -0.0371. The van der Waals surface area contributed by atoms with Gasteiger partial charge in [-0.3, -0.25) is 9.59 Å². The van der Waals surface area contributed by atoms with E-state index < -0.39 is 11.9 Å². The Bertz CT molecular complexity index is 907. The molecule has 1 aromatic heterocycles. The van der Waals surface area contributed by atoms with Gasteiger partial charge in [0.15, 0.2) is 5.76 Å². The molecule has 1 heterocycles. The molecule has 0 spiro atoms. The number of aliphatic hydroxyl groups excluding tert-OH is 1. The molecule has 0 bridgehead atoms. The Labute approximate surface area is 176 Å². The van der Waals surface area contributed by atoms with Gasteiger partial charge >= 0.3 is 0 Å². The van der Waals surface area contributed by atoms with Crippen LogP contribution in [0.4, 0.5) is 0 Å². The second-order valence-corrected chi connectivity index (χ2v) is 7.79. The van der Waals surface area contributed by atoms with Crippen molar-refractivity contribution in [2.75, 3.05) is 6.61 Å². The molecule has 1 aromatic carbocycles. The highest BCUT2D eigenvalue weighted by Crippen LogP contribution is 2.27. The summed E-state index contributed by atoms with van der Waals surface area (Å²) in [6.07, 6.45) is 4.95. The highest BCUT2D eigenvalue weighted by atomic mass is 16.4. The molecule has 3 N–H and O–H groups in total. The standard InChI is InChI=1S/C23H27N3O4/c1-15(14-27)25-23(29)21(18-5-3-2-4-6-18)26-22(28)20-12-11-19(30-20)17-9-7-16(13-24)8-10-17/h7-12,15,18,21,27H,2-6,14H2,1H3,(H,25,29)(H,26,28)/t15-,21-/m0/s1. The maximum absolute atomic E-state index is 12.8. The summed E-state index contributed by atoms with van der Waals surface area (Å²) in [6, 6.07) is 11.2. The van der Waals surface area contributed by atoms with Crippen LogP contribution in [-0.2, 0) is 4.79 Å². The molecule has 0 unspecified atom stereocenters. The summed E-state index contributed by atoms with van der Waals surface area (Å²) in [5.41, 5.74) is 1.30. The zero-order valence-corrected chi connectivity index (χ0v) is 17.1. The predicted octanol–water partition coefficient (Wildman–Crippen LogP) is 2.99. The lowest BCUT2D eigenvalue weighted by Gasteiger charge is -2.30. The van der Waals surface area contributed by atoms with Gasteiger partial charge < -0.3 is 20.2 Å². The third-order valence-electron chi connectivity index (χ3n) is 5.48. The van der Waals surface area contributed by atoms with Gasteiger partial charge in [-0.2, -0.15) is 5.26 Å². The first-order valence-electron chi connectivity index (χ1n) is 10.3. The zero-order chi connectivity index (χ0) is 21.5. The van der Waals surface area contributed by atoms with E-state index in [4.69, 9.17) is 9.68 Å². The van der Waals surface area contributed by atoms with E-state index in [2.05, 4.69) is 16.7 Å². The lowest BCUT2D eigenvalue weighted by Crippen LogP contribution is -2.53. The second kappa shape index (κ2) is 10.1. The number of hydrogen-bond donors (Lipinski definition) is 3. The van der Waals surface area contributed by atoms with Crippen LogP contribution in [0.15, 0.2) is 40.8 Å². The Hall–Kier alpha value is -3.11. The molecule has 2 aromatic rings. The van der Waals surface area contributed by atoms with Crippen LogP contribution in [0.5, 0.6) is 0 Å². The number of aliphatic hydroxyl groups is 1. The van der Waals surface area contributed by atoms with E-state index in [0.29, 0.717) is 11.3 Å². The van der Waals surface area contributed by atoms with Gasteiger partial charge in [0, 0.05) is 11.6 Å². The number of rotatable bonds is 7. The molecule has 30 heavy (non-hydrogen) atoms. The van der Waals surface area contributed by atoms with Crippen LogP contribution in [0.1, 0.15) is 55.1 Å². The van der Waals surface area contributed by atoms with Gasteiger partial charge in [0.25, 0.3) is 5.91 Å². The Morgan fingerprint density at radius 3 is 2.47 bits per heavy atom. The Morgan fingerprint density at radius 1 is 1.13 bits per heavy atom. The number of nitrogens with zero attached hydrogens (tertiary/aromatic N) is 1. The van der Waals surface area contributed by atoms with Gasteiger partial charge in [-0.05, 0) is 62.1 Å². The number of carbonyl (C=O) groups is 2. The van der Waals surface area contributed by atoms with E-state index >= 15 is 0 Å². The predicted molar refractivity (Wildman–Crippen MR) is 111 cm³/mol. The van der Waals surface area contributed by atoms with Crippen molar-refractivity contribution in [3.63, 3.8) is 0 Å². The highest BCUT2D eigenvalue weighted by Gasteiger charge is 2.32. The van der Waals surface area contributed by atoms with Crippen molar-refractivity contribution in [1.29, 1.82) is 5.26 Å². The highest BCUT2D eigenvalue weighted by molar-refractivity contribution is 5.96. The van der Waals surface area contributed by atoms with Crippen LogP contribution in [0.3, 0.4) is 0 Å². The van der Waals surface area contributed by atoms with Gasteiger partial charge in [0.05, 0.1) is 18.2 Å². The van der Waals surface area contributed by atoms with Crippen molar-refractivity contribution in [2.24, 2.45) is 5.92 Å². The normalized spacial score (nSPS) is 16.3. The number of benzene rings is 1. The van der Waals surface area contributed by atoms with Crippen molar-refractivity contribution < 1.29 is 19.1 Å². The second-order valence-electron chi connectivity index (χ2n) is 7.79. The topological polar surface area (TPSA) is 115 Å². The van der Waals surface area contributed by atoms with E-state index in [0.717, 1.165) is 37.7 Å². The molecule has 1 aliphatic rings. The molecule has 3 rings (SSSR count). The fourth-order valence-corrected chi connectivity index (χ4v) is 3.78. The minimum atomic E-state index is -0.671. The van der Waals surface area contributed by atoms with Crippen molar-refractivity contribution in [3.05, 3.63) is 47.7 Å². The number of carbonyl (C=O) groups excluding carboxylic acids is 2. The SMILES string of the molecule is C[C@@H](CO)NC(=O)[C@@H](NC(=O)c1ccc(-c2ccc(C#N)cc2)o1)C1CCCCC1. The number of hydrogen-bond acceptors (Lipinski definition) is 5. The van der Waals surface area contributed by atoms with Gasteiger partial charge in [0.1, 0.15) is 11.8 Å². The molecule has 158 valence electrons. The molecule has 2 amide bonds. The first-order chi connectivity index (χ1) is 14.5. The first kappa shape index (κ1) is 21.6. The minimum Gasteiger partial charge on any atom is -0.451 e. The Balaban J connectivity index is 1.73. The van der Waals surface area contributed by atoms with E-state index in [1.165, 1.54) is 0 Å². The quantitative estimate of drug-likeness (QED) is 0.650. The lowest BCUT2D eigenvalue weighted by atomic mass is 9.83. The van der Waals surface area contributed by atoms with Crippen LogP contribution < -0.4 is 10.6 Å². The summed E-state index contributed by atoms with van der Waals surface area (Å²) in [6.45, 7) is 1.55. The van der Waals surface area contributed by atoms with Gasteiger partial charge in [-0.1, -0.05) is 19.3 Å². The Morgan fingerprint density at radius 2 is 1.83 bits per heavy atom. The Kier molecular flexibility index (Phi) is 7.26. The molecule has 1 fully saturated rings. The fourth-order valence-electron chi connectivity index (χ4n) is 3.78. The third-order valence-corrected chi connectivity index (χ3v) is 5.48. The molecule has 2 atom stereocenters. The number of nitriles is 1. The summed E-state index contributed by atoms with van der Waals surface area (Å²) < 4.78 is 5.71. The summed E-state index contributed by atoms with van der Waals surface area (Å²) in [5, 5.41) is 23.8. The maximum atomic E-state index is 12.8. The third kappa shape index (κ3) is 5.28. The summed E-state index contributed by atoms with van der Waals surface area (Å²) in [7, 11) is 0. The number of amides is 2. The van der Waals surface area contributed by atoms with Gasteiger partial charge in [-0.25, -0.2) is 0 Å². The monoisotopic (exact) mass is 409 g/mol. The molecule has 7 nitrogen and oxygen atoms in total. The van der Waals surface area contributed by atoms with Crippen molar-refractivity contribution >= 4 is 11.8 Å². The molecule has 0 aliphatic heterocycles. The zero-order valence-electron chi connectivity index (χ0n) is 17.1. The molecule has 1 saturated carbocycles. The summed E-state index contributed by atoms with van der Waals surface area (Å²) in [4.78, 5) is 25.6. The average Bonchev–Trinajstić information content (AvgIpc) is 3.28. The van der Waals surface area contributed by atoms with Crippen LogP contribution in [0.2, 0.25) is 0 Å². The van der Waals surface area contributed by atoms with Crippen molar-refractivity contribution in [1.82, 2.24) is 10.6 Å². The smallest absolute Gasteiger partial charge is 0.287 e. The minimum absolute atomic E-state index is 0.0570. The molecule has 0 radical (unpaired) electrons. The maximum Gasteiger partial charge on any atom is 0.287 e. The van der Waals surface area contributed by atoms with E-state index in [1.54, 1.807) is 43.3 Å². The van der Waals surface area contributed by atoms with Crippen LogP contribution in [-0.4, -0.2) is 35.6 Å². The molecule has 1 aliphatic carbocycles. The average molecular weight is 409 g/mol. The molecular weight excluding hydrogens is 382 g/mol. The number of nitrogens with one attached hydrogen (secondary N) is 2. The van der Waals surface area contributed by atoms with E-state index in [1.807, 2.05) is 0 Å². The largest absolute Gasteiger partial charge is 0.451 e. The fraction of sp³-hybridized carbons (Fsp3) is 0.435. The van der Waals surface area contributed by atoms with Gasteiger partial charge in [-0.15, -0.1) is 0 Å². The van der Waals surface area contributed by atoms with E-state index in [9.17, 15) is 14.7 Å². The van der Waals surface area contributed by atoms with Crippen molar-refractivity contribution in [3.8, 4) is 17.4 Å². The van der Waals surface area contributed by atoms with Crippen LogP contribution >= 0.6 is 0 Å². The lowest BCUT2D eigenvalue weighted by molar-refractivity contribution is -0.125. The van der Waals surface area contributed by atoms with Crippen LogP contribution in [0.25, 0.3) is 11.3 Å². The van der Waals surface area contributed by atoms with Crippen LogP contribution in [0, 0.1) is 17.2 Å². The molecule has 0 saturated heterocycles. The number of furan rings is 1. The summed E-state index contributed by atoms with van der Waals surface area (Å²) >= 11 is 0. The molecular formula is C23H27N3O4. The van der Waals surface area contributed by atoms with Gasteiger partial charge in [0.2, 0.25) is 5.91 Å².